The number of likely N-dealkylation sites (N-methyl/N-ethyl adjacent to an activating group) is 1. The largest absolute Gasteiger partial charge is 0.313 e. The van der Waals surface area contributed by atoms with E-state index < -0.39 is 10.0 Å². The van der Waals surface area contributed by atoms with Crippen LogP contribution in [0.15, 0.2) is 27.6 Å². The molecule has 2 N–H and O–H groups in total. The molecule has 0 bridgehead atoms. The number of nitrogens with zero attached hydrogens (tertiary/aromatic N) is 1. The minimum Gasteiger partial charge on any atom is -0.313 e. The van der Waals surface area contributed by atoms with Gasteiger partial charge in [0, 0.05) is 24.1 Å². The van der Waals surface area contributed by atoms with Crippen LogP contribution in [0.1, 0.15) is 12.5 Å². The number of rotatable bonds is 8. The first-order valence-corrected chi connectivity index (χ1v) is 8.78. The Hall–Kier alpha value is -0.470. The molecule has 20 heavy (non-hydrogen) atoms. The molecule has 0 atom stereocenters. The summed E-state index contributed by atoms with van der Waals surface area (Å²) in [6, 6.07) is 5.38. The molecule has 0 radical (unpaired) electrons. The molecule has 0 fully saturated rings. The van der Waals surface area contributed by atoms with Crippen LogP contribution in [0.2, 0.25) is 0 Å². The van der Waals surface area contributed by atoms with E-state index >= 15 is 0 Å². The van der Waals surface area contributed by atoms with Crippen molar-refractivity contribution in [1.82, 2.24) is 14.9 Å². The zero-order chi connectivity index (χ0) is 15.2. The van der Waals surface area contributed by atoms with Crippen LogP contribution in [-0.4, -0.2) is 47.0 Å². The van der Waals surface area contributed by atoms with Gasteiger partial charge in [-0.2, -0.15) is 0 Å². The van der Waals surface area contributed by atoms with Crippen molar-refractivity contribution in [3.8, 4) is 0 Å². The minimum absolute atomic E-state index is 0.284. The highest BCUT2D eigenvalue weighted by molar-refractivity contribution is 9.10. The normalized spacial score (nSPS) is 12.1. The molecule has 0 aliphatic heterocycles. The summed E-state index contributed by atoms with van der Waals surface area (Å²) in [7, 11) is 0.323. The van der Waals surface area contributed by atoms with E-state index in [1.54, 1.807) is 12.1 Å². The Balaban J connectivity index is 2.87. The lowest BCUT2D eigenvalue weighted by Crippen LogP contribution is -2.31. The molecule has 0 aliphatic carbocycles. The molecule has 1 rings (SSSR count). The third-order valence-corrected chi connectivity index (χ3v) is 5.17. The van der Waals surface area contributed by atoms with Gasteiger partial charge in [-0.25, -0.2) is 13.1 Å². The van der Waals surface area contributed by atoms with Crippen molar-refractivity contribution in [1.29, 1.82) is 0 Å². The van der Waals surface area contributed by atoms with Crippen molar-refractivity contribution in [2.75, 3.05) is 33.7 Å². The number of benzene rings is 1. The number of hydrogen-bond donors (Lipinski definition) is 2. The van der Waals surface area contributed by atoms with Crippen molar-refractivity contribution in [3.05, 3.63) is 28.2 Å². The van der Waals surface area contributed by atoms with Crippen molar-refractivity contribution in [3.63, 3.8) is 0 Å². The van der Waals surface area contributed by atoms with Crippen LogP contribution in [0.25, 0.3) is 0 Å². The van der Waals surface area contributed by atoms with Gasteiger partial charge in [0.1, 0.15) is 0 Å². The van der Waals surface area contributed by atoms with Gasteiger partial charge in [0.05, 0.1) is 4.90 Å². The van der Waals surface area contributed by atoms with Gasteiger partial charge in [0.15, 0.2) is 0 Å². The highest BCUT2D eigenvalue weighted by Gasteiger charge is 2.17. The smallest absolute Gasteiger partial charge is 0.241 e. The van der Waals surface area contributed by atoms with Gasteiger partial charge in [-0.15, -0.1) is 0 Å². The summed E-state index contributed by atoms with van der Waals surface area (Å²) in [6.45, 7) is 4.57. The van der Waals surface area contributed by atoms with Crippen LogP contribution >= 0.6 is 15.9 Å². The van der Waals surface area contributed by atoms with E-state index in [1.807, 2.05) is 32.0 Å². The molecule has 0 heterocycles. The first kappa shape index (κ1) is 17.6. The van der Waals surface area contributed by atoms with E-state index in [2.05, 4.69) is 26.0 Å². The third kappa shape index (κ3) is 5.49. The lowest BCUT2D eigenvalue weighted by Gasteiger charge is -2.13. The van der Waals surface area contributed by atoms with E-state index in [0.29, 0.717) is 24.1 Å². The first-order chi connectivity index (χ1) is 9.36. The van der Waals surface area contributed by atoms with Gasteiger partial charge >= 0.3 is 0 Å². The van der Waals surface area contributed by atoms with Gasteiger partial charge < -0.3 is 10.2 Å². The second kappa shape index (κ2) is 8.09. The fourth-order valence-corrected chi connectivity index (χ4v) is 3.65. The van der Waals surface area contributed by atoms with Crippen molar-refractivity contribution in [2.24, 2.45) is 0 Å². The van der Waals surface area contributed by atoms with Gasteiger partial charge in [-0.3, -0.25) is 0 Å². The Morgan fingerprint density at radius 1 is 1.30 bits per heavy atom. The molecule has 0 saturated heterocycles. The molecule has 0 spiro atoms. The van der Waals surface area contributed by atoms with Gasteiger partial charge in [-0.05, 0) is 54.3 Å². The lowest BCUT2D eigenvalue weighted by molar-refractivity contribution is 0.412. The maximum Gasteiger partial charge on any atom is 0.241 e. The SMILES string of the molecule is CCNCc1ccc(Br)c(S(=O)(=O)NCCN(C)C)c1. The molecule has 0 aromatic heterocycles. The molecular formula is C13H22BrN3O2S. The summed E-state index contributed by atoms with van der Waals surface area (Å²) in [5, 5.41) is 3.18. The second-order valence-corrected chi connectivity index (χ2v) is 7.34. The summed E-state index contributed by atoms with van der Waals surface area (Å²) in [5.74, 6) is 0. The topological polar surface area (TPSA) is 61.4 Å². The lowest BCUT2D eigenvalue weighted by atomic mass is 10.2. The van der Waals surface area contributed by atoms with E-state index in [4.69, 9.17) is 0 Å². The monoisotopic (exact) mass is 363 g/mol. The van der Waals surface area contributed by atoms with Crippen LogP contribution < -0.4 is 10.0 Å². The summed E-state index contributed by atoms with van der Waals surface area (Å²) >= 11 is 3.31. The summed E-state index contributed by atoms with van der Waals surface area (Å²) < 4.78 is 27.8. The molecule has 0 aliphatic rings. The Bertz CT molecular complexity index is 532. The summed E-state index contributed by atoms with van der Waals surface area (Å²) in [5.41, 5.74) is 0.947. The molecule has 0 amide bonds. The van der Waals surface area contributed by atoms with E-state index in [9.17, 15) is 8.42 Å². The van der Waals surface area contributed by atoms with Crippen molar-refractivity contribution in [2.45, 2.75) is 18.4 Å². The number of halogens is 1. The predicted octanol–water partition coefficient (Wildman–Crippen LogP) is 1.40. The number of nitrogens with one attached hydrogen (secondary N) is 2. The molecule has 114 valence electrons. The van der Waals surface area contributed by atoms with Crippen molar-refractivity contribution < 1.29 is 8.42 Å². The third-order valence-electron chi connectivity index (χ3n) is 2.72. The quantitative estimate of drug-likeness (QED) is 0.732. The maximum atomic E-state index is 12.3. The summed E-state index contributed by atoms with van der Waals surface area (Å²) in [4.78, 5) is 2.21. The maximum absolute atomic E-state index is 12.3. The Labute approximate surface area is 129 Å². The molecule has 5 nitrogen and oxygen atoms in total. The fraction of sp³-hybridized carbons (Fsp3) is 0.538. The Kier molecular flexibility index (Phi) is 7.11. The van der Waals surface area contributed by atoms with Crippen LogP contribution in [0.5, 0.6) is 0 Å². The van der Waals surface area contributed by atoms with Gasteiger partial charge in [-0.1, -0.05) is 13.0 Å². The number of hydrogen-bond acceptors (Lipinski definition) is 4. The van der Waals surface area contributed by atoms with Crippen LogP contribution in [-0.2, 0) is 16.6 Å². The highest BCUT2D eigenvalue weighted by atomic mass is 79.9. The average Bonchev–Trinajstić information content (AvgIpc) is 2.36. The Morgan fingerprint density at radius 3 is 2.60 bits per heavy atom. The second-order valence-electron chi connectivity index (χ2n) is 4.75. The van der Waals surface area contributed by atoms with Gasteiger partial charge in [0.25, 0.3) is 0 Å². The zero-order valence-corrected chi connectivity index (χ0v) is 14.5. The van der Waals surface area contributed by atoms with E-state index in [1.165, 1.54) is 0 Å². The van der Waals surface area contributed by atoms with E-state index in [0.717, 1.165) is 12.1 Å². The molecule has 1 aromatic rings. The van der Waals surface area contributed by atoms with Crippen LogP contribution in [0.4, 0.5) is 0 Å². The molecule has 7 heteroatoms. The van der Waals surface area contributed by atoms with Crippen molar-refractivity contribution >= 4 is 26.0 Å². The average molecular weight is 364 g/mol. The fourth-order valence-electron chi connectivity index (χ4n) is 1.61. The highest BCUT2D eigenvalue weighted by Crippen LogP contribution is 2.23. The summed E-state index contributed by atoms with van der Waals surface area (Å²) in [6.07, 6.45) is 0. The minimum atomic E-state index is -3.49. The molecule has 0 unspecified atom stereocenters. The molecule has 0 saturated carbocycles. The van der Waals surface area contributed by atoms with E-state index in [-0.39, 0.29) is 4.90 Å². The van der Waals surface area contributed by atoms with Gasteiger partial charge in [0.2, 0.25) is 10.0 Å². The zero-order valence-electron chi connectivity index (χ0n) is 12.1. The molecule has 1 aromatic carbocycles. The van der Waals surface area contributed by atoms with Crippen LogP contribution in [0.3, 0.4) is 0 Å². The Morgan fingerprint density at radius 2 is 2.00 bits per heavy atom. The van der Waals surface area contributed by atoms with Crippen LogP contribution in [0, 0.1) is 0 Å². The first-order valence-electron chi connectivity index (χ1n) is 6.50. The number of sulfonamides is 1. The molecular weight excluding hydrogens is 342 g/mol. The predicted molar refractivity (Wildman–Crippen MR) is 85.3 cm³/mol. The standard InChI is InChI=1S/C13H22BrN3O2S/c1-4-15-10-11-5-6-12(14)13(9-11)20(18,19)16-7-8-17(2)3/h5-6,9,15-16H,4,7-8,10H2,1-3H3.